The zero-order valence-electron chi connectivity index (χ0n) is 8.13. The zero-order chi connectivity index (χ0) is 10.4. The van der Waals surface area contributed by atoms with E-state index >= 15 is 0 Å². The van der Waals surface area contributed by atoms with E-state index < -0.39 is 0 Å². The van der Waals surface area contributed by atoms with Gasteiger partial charge in [-0.1, -0.05) is 24.6 Å². The van der Waals surface area contributed by atoms with Gasteiger partial charge in [0.05, 0.1) is 12.5 Å². The molecule has 0 heterocycles. The molecule has 0 fully saturated rings. The minimum atomic E-state index is 0.207. The maximum Gasteiger partial charge on any atom is 0.0643 e. The van der Waals surface area contributed by atoms with Crippen LogP contribution in [0.4, 0.5) is 5.69 Å². The van der Waals surface area contributed by atoms with Crippen molar-refractivity contribution >= 4 is 17.3 Å². The number of halogens is 1. The van der Waals surface area contributed by atoms with Gasteiger partial charge in [0.15, 0.2) is 0 Å². The molecule has 3 heteroatoms. The van der Waals surface area contributed by atoms with E-state index in [1.54, 1.807) is 0 Å². The van der Waals surface area contributed by atoms with Crippen molar-refractivity contribution in [2.75, 3.05) is 5.32 Å². The van der Waals surface area contributed by atoms with Gasteiger partial charge in [0, 0.05) is 16.8 Å². The van der Waals surface area contributed by atoms with Gasteiger partial charge in [-0.3, -0.25) is 0 Å². The number of hydrogen-bond acceptors (Lipinski definition) is 2. The van der Waals surface area contributed by atoms with E-state index in [0.29, 0.717) is 11.4 Å². The zero-order valence-corrected chi connectivity index (χ0v) is 8.88. The van der Waals surface area contributed by atoms with Gasteiger partial charge in [-0.15, -0.1) is 0 Å². The van der Waals surface area contributed by atoms with Crippen molar-refractivity contribution in [2.24, 2.45) is 0 Å². The lowest BCUT2D eigenvalue weighted by molar-refractivity contribution is 0.711. The van der Waals surface area contributed by atoms with Crippen LogP contribution in [0.3, 0.4) is 0 Å². The Morgan fingerprint density at radius 2 is 2.36 bits per heavy atom. The first-order chi connectivity index (χ1) is 6.76. The lowest BCUT2D eigenvalue weighted by atomic mass is 10.1. The van der Waals surface area contributed by atoms with Crippen molar-refractivity contribution in [3.8, 4) is 6.07 Å². The third-order valence-electron chi connectivity index (χ3n) is 2.03. The Balaban J connectivity index is 2.63. The monoisotopic (exact) mass is 208 g/mol. The van der Waals surface area contributed by atoms with Crippen LogP contribution in [0.25, 0.3) is 0 Å². The number of anilines is 1. The van der Waals surface area contributed by atoms with Gasteiger partial charge in [0.2, 0.25) is 0 Å². The Labute approximate surface area is 89.5 Å². The number of hydrogen-bond donors (Lipinski definition) is 1. The van der Waals surface area contributed by atoms with Gasteiger partial charge in [-0.05, 0) is 24.6 Å². The van der Waals surface area contributed by atoms with Crippen molar-refractivity contribution in [3.05, 3.63) is 29.3 Å². The molecule has 0 spiro atoms. The summed E-state index contributed by atoms with van der Waals surface area (Å²) in [4.78, 5) is 0. The van der Waals surface area contributed by atoms with Gasteiger partial charge in [-0.2, -0.15) is 5.26 Å². The molecule has 0 saturated heterocycles. The molecule has 0 aliphatic rings. The molecule has 1 N–H and O–H groups in total. The summed E-state index contributed by atoms with van der Waals surface area (Å²) in [5.74, 6) is 0. The fourth-order valence-corrected chi connectivity index (χ4v) is 1.41. The molecule has 1 aromatic rings. The molecular weight excluding hydrogens is 196 g/mol. The summed E-state index contributed by atoms with van der Waals surface area (Å²) in [7, 11) is 0. The minimum absolute atomic E-state index is 0.207. The van der Waals surface area contributed by atoms with Crippen LogP contribution in [-0.2, 0) is 0 Å². The van der Waals surface area contributed by atoms with Crippen LogP contribution in [0, 0.1) is 11.3 Å². The average molecular weight is 209 g/mol. The molecule has 0 aliphatic heterocycles. The van der Waals surface area contributed by atoms with E-state index in [2.05, 4.69) is 18.3 Å². The number of nitrogens with one attached hydrogen (secondary N) is 1. The smallest absolute Gasteiger partial charge is 0.0643 e. The highest BCUT2D eigenvalue weighted by Gasteiger charge is 2.04. The Morgan fingerprint density at radius 3 is 2.93 bits per heavy atom. The largest absolute Gasteiger partial charge is 0.381 e. The number of benzene rings is 1. The molecule has 0 amide bonds. The van der Waals surface area contributed by atoms with Crippen molar-refractivity contribution < 1.29 is 0 Å². The predicted molar refractivity (Wildman–Crippen MR) is 59.4 cm³/mol. The second-order valence-electron chi connectivity index (χ2n) is 3.12. The molecular formula is C11H13ClN2. The van der Waals surface area contributed by atoms with Gasteiger partial charge >= 0.3 is 0 Å². The Kier molecular flexibility index (Phi) is 4.28. The normalized spacial score (nSPS) is 11.8. The highest BCUT2D eigenvalue weighted by molar-refractivity contribution is 6.30. The summed E-state index contributed by atoms with van der Waals surface area (Å²) in [5, 5.41) is 12.6. The second-order valence-corrected chi connectivity index (χ2v) is 3.56. The van der Waals surface area contributed by atoms with E-state index in [4.69, 9.17) is 16.9 Å². The van der Waals surface area contributed by atoms with E-state index in [0.717, 1.165) is 12.1 Å². The van der Waals surface area contributed by atoms with Crippen molar-refractivity contribution in [1.29, 1.82) is 5.26 Å². The van der Waals surface area contributed by atoms with Gasteiger partial charge in [0.25, 0.3) is 0 Å². The van der Waals surface area contributed by atoms with E-state index in [1.165, 1.54) is 0 Å². The van der Waals surface area contributed by atoms with E-state index in [9.17, 15) is 0 Å². The summed E-state index contributed by atoms with van der Waals surface area (Å²) < 4.78 is 0. The maximum atomic E-state index is 8.58. The van der Waals surface area contributed by atoms with Crippen LogP contribution in [0.5, 0.6) is 0 Å². The first-order valence-corrected chi connectivity index (χ1v) is 5.03. The first kappa shape index (κ1) is 10.9. The molecule has 0 saturated carbocycles. The lowest BCUT2D eigenvalue weighted by Crippen LogP contribution is -2.17. The summed E-state index contributed by atoms with van der Waals surface area (Å²) in [5.41, 5.74) is 0.972. The number of rotatable bonds is 4. The van der Waals surface area contributed by atoms with Crippen LogP contribution in [0.2, 0.25) is 5.02 Å². The van der Waals surface area contributed by atoms with E-state index in [-0.39, 0.29) is 6.04 Å². The molecule has 1 aromatic carbocycles. The minimum Gasteiger partial charge on any atom is -0.381 e. The summed E-state index contributed by atoms with van der Waals surface area (Å²) in [6, 6.07) is 9.90. The molecule has 2 nitrogen and oxygen atoms in total. The Morgan fingerprint density at radius 1 is 1.57 bits per heavy atom. The van der Waals surface area contributed by atoms with Crippen LogP contribution < -0.4 is 5.32 Å². The maximum absolute atomic E-state index is 8.58. The molecule has 0 aromatic heterocycles. The third kappa shape index (κ3) is 3.27. The van der Waals surface area contributed by atoms with Gasteiger partial charge in [-0.25, -0.2) is 0 Å². The van der Waals surface area contributed by atoms with Crippen LogP contribution >= 0.6 is 11.6 Å². The molecule has 1 rings (SSSR count). The molecule has 74 valence electrons. The second kappa shape index (κ2) is 5.51. The van der Waals surface area contributed by atoms with Gasteiger partial charge < -0.3 is 5.32 Å². The van der Waals surface area contributed by atoms with Crippen LogP contribution in [0.15, 0.2) is 24.3 Å². The van der Waals surface area contributed by atoms with Gasteiger partial charge in [0.1, 0.15) is 0 Å². The number of nitriles is 1. The Bertz CT molecular complexity index is 330. The molecule has 1 unspecified atom stereocenters. The summed E-state index contributed by atoms with van der Waals surface area (Å²) in [6.07, 6.45) is 1.45. The molecule has 14 heavy (non-hydrogen) atoms. The quantitative estimate of drug-likeness (QED) is 0.823. The number of nitrogens with zero attached hydrogens (tertiary/aromatic N) is 1. The lowest BCUT2D eigenvalue weighted by Gasteiger charge is -2.14. The third-order valence-corrected chi connectivity index (χ3v) is 2.26. The van der Waals surface area contributed by atoms with Crippen LogP contribution in [0.1, 0.15) is 19.8 Å². The highest BCUT2D eigenvalue weighted by Crippen LogP contribution is 2.17. The first-order valence-electron chi connectivity index (χ1n) is 4.65. The Hall–Kier alpha value is -1.20. The molecule has 0 radical (unpaired) electrons. The SMILES string of the molecule is CCC(CC#N)Nc1cccc(Cl)c1. The molecule has 0 bridgehead atoms. The predicted octanol–water partition coefficient (Wildman–Crippen LogP) is 3.44. The fraction of sp³-hybridized carbons (Fsp3) is 0.364. The van der Waals surface area contributed by atoms with E-state index in [1.807, 2.05) is 24.3 Å². The van der Waals surface area contributed by atoms with Crippen molar-refractivity contribution in [3.63, 3.8) is 0 Å². The average Bonchev–Trinajstić information content (AvgIpc) is 2.17. The molecule has 1 atom stereocenters. The standard InChI is InChI=1S/C11H13ClN2/c1-2-10(6-7-13)14-11-5-3-4-9(12)8-11/h3-5,8,10,14H,2,6H2,1H3. The van der Waals surface area contributed by atoms with Crippen LogP contribution in [-0.4, -0.2) is 6.04 Å². The highest BCUT2D eigenvalue weighted by atomic mass is 35.5. The van der Waals surface area contributed by atoms with Crippen molar-refractivity contribution in [2.45, 2.75) is 25.8 Å². The molecule has 0 aliphatic carbocycles. The summed E-state index contributed by atoms with van der Waals surface area (Å²) in [6.45, 7) is 2.06. The fourth-order valence-electron chi connectivity index (χ4n) is 1.22. The van der Waals surface area contributed by atoms with Crippen molar-refractivity contribution in [1.82, 2.24) is 0 Å². The topological polar surface area (TPSA) is 35.8 Å². The summed E-state index contributed by atoms with van der Waals surface area (Å²) >= 11 is 5.84.